The van der Waals surface area contributed by atoms with Crippen molar-refractivity contribution in [3.05, 3.63) is 46.7 Å². The van der Waals surface area contributed by atoms with E-state index in [2.05, 4.69) is 15.6 Å². The maximum atomic E-state index is 11.9. The number of hydrogen-bond acceptors (Lipinski definition) is 5. The van der Waals surface area contributed by atoms with Crippen molar-refractivity contribution < 1.29 is 9.59 Å². The quantitative estimate of drug-likeness (QED) is 0.651. The summed E-state index contributed by atoms with van der Waals surface area (Å²) in [5.41, 5.74) is 1.90. The van der Waals surface area contributed by atoms with Gasteiger partial charge in [0.2, 0.25) is 5.91 Å². The first kappa shape index (κ1) is 17.5. The number of benzene rings is 1. The molecule has 0 aliphatic rings. The van der Waals surface area contributed by atoms with Gasteiger partial charge in [-0.2, -0.15) is 0 Å². The highest BCUT2D eigenvalue weighted by molar-refractivity contribution is 7.99. The number of fused-ring (bicyclic) bond motifs is 1. The van der Waals surface area contributed by atoms with Crippen LogP contribution in [0.25, 0.3) is 11.0 Å². The van der Waals surface area contributed by atoms with Crippen LogP contribution in [0.15, 0.2) is 46.9 Å². The highest BCUT2D eigenvalue weighted by Gasteiger charge is 2.12. The summed E-state index contributed by atoms with van der Waals surface area (Å²) in [6.07, 6.45) is 0.758. The number of nitrogens with zero attached hydrogens (tertiary/aromatic N) is 2. The Morgan fingerprint density at radius 1 is 1.24 bits per heavy atom. The predicted octanol–water partition coefficient (Wildman–Crippen LogP) is 2.80. The van der Waals surface area contributed by atoms with Gasteiger partial charge in [-0.05, 0) is 30.0 Å². The molecule has 0 radical (unpaired) electrons. The molecule has 2 heterocycles. The van der Waals surface area contributed by atoms with E-state index in [0.717, 1.165) is 22.6 Å². The van der Waals surface area contributed by atoms with Crippen molar-refractivity contribution in [3.8, 4) is 0 Å². The highest BCUT2D eigenvalue weighted by atomic mass is 32.2. The molecule has 0 spiro atoms. The molecule has 0 atom stereocenters. The first-order valence-corrected chi connectivity index (χ1v) is 9.64. The number of aryl methyl sites for hydroxylation is 1. The van der Waals surface area contributed by atoms with Crippen LogP contribution in [0.1, 0.15) is 4.88 Å². The fourth-order valence-corrected chi connectivity index (χ4v) is 3.84. The van der Waals surface area contributed by atoms with Crippen LogP contribution in [-0.2, 0) is 18.3 Å². The molecule has 0 bridgehead atoms. The molecular formula is C17H18N4O2S2. The molecule has 130 valence electrons. The predicted molar refractivity (Wildman–Crippen MR) is 101 cm³/mol. The second kappa shape index (κ2) is 8.17. The minimum atomic E-state index is -0.466. The van der Waals surface area contributed by atoms with Gasteiger partial charge in [0.25, 0.3) is 0 Å². The lowest BCUT2D eigenvalue weighted by Gasteiger charge is -2.06. The number of imidazole rings is 1. The molecular weight excluding hydrogens is 356 g/mol. The van der Waals surface area contributed by atoms with Gasteiger partial charge in [-0.1, -0.05) is 30.0 Å². The van der Waals surface area contributed by atoms with Gasteiger partial charge < -0.3 is 9.88 Å². The lowest BCUT2D eigenvalue weighted by Crippen LogP contribution is -2.41. The van der Waals surface area contributed by atoms with Crippen molar-refractivity contribution in [2.75, 3.05) is 12.3 Å². The van der Waals surface area contributed by atoms with Gasteiger partial charge in [-0.3, -0.25) is 10.1 Å². The standard InChI is InChI=1S/C17H18N4O2S2/c1-21-14-7-3-2-6-13(14)19-17(21)25-11-15(22)20-16(23)18-9-8-12-5-4-10-24-12/h2-7,10H,8-9,11H2,1H3,(H2,18,20,22,23). The van der Waals surface area contributed by atoms with E-state index in [9.17, 15) is 9.59 Å². The molecule has 0 unspecified atom stereocenters. The zero-order valence-corrected chi connectivity index (χ0v) is 15.3. The van der Waals surface area contributed by atoms with E-state index >= 15 is 0 Å². The van der Waals surface area contributed by atoms with E-state index in [1.54, 1.807) is 11.3 Å². The third-order valence-corrected chi connectivity index (χ3v) is 5.53. The van der Waals surface area contributed by atoms with E-state index in [4.69, 9.17) is 0 Å². The topological polar surface area (TPSA) is 76.0 Å². The molecule has 0 aliphatic carbocycles. The van der Waals surface area contributed by atoms with Crippen molar-refractivity contribution in [2.45, 2.75) is 11.6 Å². The third-order valence-electron chi connectivity index (χ3n) is 3.57. The van der Waals surface area contributed by atoms with Crippen molar-refractivity contribution in [2.24, 2.45) is 7.05 Å². The average molecular weight is 374 g/mol. The molecule has 0 saturated heterocycles. The number of thiophene rings is 1. The molecule has 0 aliphatic heterocycles. The number of para-hydroxylation sites is 2. The van der Waals surface area contributed by atoms with Crippen LogP contribution in [-0.4, -0.2) is 33.8 Å². The molecule has 2 N–H and O–H groups in total. The van der Waals surface area contributed by atoms with Gasteiger partial charge >= 0.3 is 6.03 Å². The van der Waals surface area contributed by atoms with Crippen LogP contribution >= 0.6 is 23.1 Å². The third kappa shape index (κ3) is 4.61. The number of aromatic nitrogens is 2. The molecule has 6 nitrogen and oxygen atoms in total. The number of imide groups is 1. The second-order valence-electron chi connectivity index (χ2n) is 5.36. The van der Waals surface area contributed by atoms with Crippen LogP contribution in [0.4, 0.5) is 4.79 Å². The van der Waals surface area contributed by atoms with E-state index in [0.29, 0.717) is 6.54 Å². The SMILES string of the molecule is Cn1c(SCC(=O)NC(=O)NCCc2cccs2)nc2ccccc21. The minimum absolute atomic E-state index is 0.134. The Morgan fingerprint density at radius 3 is 2.84 bits per heavy atom. The summed E-state index contributed by atoms with van der Waals surface area (Å²) in [5.74, 6) is -0.208. The lowest BCUT2D eigenvalue weighted by atomic mass is 10.3. The molecule has 3 amide bonds. The molecule has 0 fully saturated rings. The molecule has 1 aromatic carbocycles. The van der Waals surface area contributed by atoms with Crippen molar-refractivity contribution >= 4 is 46.1 Å². The van der Waals surface area contributed by atoms with Crippen LogP contribution in [0, 0.1) is 0 Å². The minimum Gasteiger partial charge on any atom is -0.337 e. The number of thioether (sulfide) groups is 1. The summed E-state index contributed by atoms with van der Waals surface area (Å²) in [7, 11) is 1.91. The Kier molecular flexibility index (Phi) is 5.72. The van der Waals surface area contributed by atoms with Gasteiger partial charge in [-0.25, -0.2) is 9.78 Å². The second-order valence-corrected chi connectivity index (χ2v) is 7.34. The van der Waals surface area contributed by atoms with Gasteiger partial charge in [-0.15, -0.1) is 11.3 Å². The first-order chi connectivity index (χ1) is 12.1. The number of carbonyl (C=O) groups excluding carboxylic acids is 2. The summed E-state index contributed by atoms with van der Waals surface area (Å²) in [6.45, 7) is 0.498. The van der Waals surface area contributed by atoms with Crippen LogP contribution in [0.5, 0.6) is 0 Å². The van der Waals surface area contributed by atoms with Crippen LogP contribution < -0.4 is 10.6 Å². The van der Waals surface area contributed by atoms with Crippen molar-refractivity contribution in [1.82, 2.24) is 20.2 Å². The number of urea groups is 1. The van der Waals surface area contributed by atoms with Gasteiger partial charge in [0.05, 0.1) is 16.8 Å². The Balaban J connectivity index is 1.44. The molecule has 3 aromatic rings. The highest BCUT2D eigenvalue weighted by Crippen LogP contribution is 2.22. The molecule has 25 heavy (non-hydrogen) atoms. The summed E-state index contributed by atoms with van der Waals surface area (Å²) >= 11 is 2.95. The number of rotatable bonds is 6. The normalized spacial score (nSPS) is 10.8. The molecule has 3 rings (SSSR count). The number of amides is 3. The molecule has 0 saturated carbocycles. The average Bonchev–Trinajstić information content (AvgIpc) is 3.22. The number of nitrogens with one attached hydrogen (secondary N) is 2. The van der Waals surface area contributed by atoms with E-state index in [1.807, 2.05) is 53.4 Å². The number of carbonyl (C=O) groups is 2. The van der Waals surface area contributed by atoms with Gasteiger partial charge in [0.15, 0.2) is 5.16 Å². The Hall–Kier alpha value is -2.32. The van der Waals surface area contributed by atoms with Crippen molar-refractivity contribution in [1.29, 1.82) is 0 Å². The summed E-state index contributed by atoms with van der Waals surface area (Å²) in [5, 5.41) is 7.77. The Bertz CT molecular complexity index is 874. The van der Waals surface area contributed by atoms with Gasteiger partial charge in [0, 0.05) is 18.5 Å². The number of hydrogen-bond donors (Lipinski definition) is 2. The molecule has 2 aromatic heterocycles. The van der Waals surface area contributed by atoms with Crippen LogP contribution in [0.3, 0.4) is 0 Å². The monoisotopic (exact) mass is 374 g/mol. The van der Waals surface area contributed by atoms with Gasteiger partial charge in [0.1, 0.15) is 0 Å². The summed E-state index contributed by atoms with van der Waals surface area (Å²) in [6, 6.07) is 11.3. The maximum Gasteiger partial charge on any atom is 0.321 e. The van der Waals surface area contributed by atoms with E-state index < -0.39 is 6.03 Å². The first-order valence-electron chi connectivity index (χ1n) is 7.78. The van der Waals surface area contributed by atoms with E-state index in [1.165, 1.54) is 16.6 Å². The zero-order valence-electron chi connectivity index (χ0n) is 13.7. The van der Waals surface area contributed by atoms with Crippen LogP contribution in [0.2, 0.25) is 0 Å². The Labute approximate surface area is 153 Å². The largest absolute Gasteiger partial charge is 0.337 e. The zero-order chi connectivity index (χ0) is 17.6. The fraction of sp³-hybridized carbons (Fsp3) is 0.235. The van der Waals surface area contributed by atoms with E-state index in [-0.39, 0.29) is 11.7 Å². The Morgan fingerprint density at radius 2 is 2.08 bits per heavy atom. The fourth-order valence-electron chi connectivity index (χ4n) is 2.34. The summed E-state index contributed by atoms with van der Waals surface area (Å²) < 4.78 is 1.94. The maximum absolute atomic E-state index is 11.9. The van der Waals surface area contributed by atoms with Crippen molar-refractivity contribution in [3.63, 3.8) is 0 Å². The lowest BCUT2D eigenvalue weighted by molar-refractivity contribution is -0.117. The summed E-state index contributed by atoms with van der Waals surface area (Å²) in [4.78, 5) is 29.3. The molecule has 8 heteroatoms. The smallest absolute Gasteiger partial charge is 0.321 e.